The average molecular weight is 849 g/mol. The Kier molecular flexibility index (Phi) is 9.12. The molecule has 3 heterocycles. The summed E-state index contributed by atoms with van der Waals surface area (Å²) in [4.78, 5) is 5.45. The molecule has 5 aromatic carbocycles. The average Bonchev–Trinajstić information content (AvgIpc) is 3.77. The molecule has 324 valence electrons. The van der Waals surface area contributed by atoms with Gasteiger partial charge in [0.25, 0.3) is 6.71 Å². The largest absolute Gasteiger partial charge is 0.311 e. The summed E-state index contributed by atoms with van der Waals surface area (Å²) in [6.07, 6.45) is 9.68. The lowest BCUT2D eigenvalue weighted by atomic mass is 9.36. The van der Waals surface area contributed by atoms with Crippen molar-refractivity contribution in [2.45, 2.75) is 155 Å². The van der Waals surface area contributed by atoms with Gasteiger partial charge in [-0.1, -0.05) is 126 Å². The highest BCUT2D eigenvalue weighted by Crippen LogP contribution is 2.60. The van der Waals surface area contributed by atoms with Crippen LogP contribution in [-0.2, 0) is 27.1 Å². The van der Waals surface area contributed by atoms with Crippen molar-refractivity contribution in [1.29, 1.82) is 0 Å². The molecule has 6 aromatic rings. The van der Waals surface area contributed by atoms with Crippen molar-refractivity contribution in [1.82, 2.24) is 0 Å². The predicted octanol–water partition coefficient (Wildman–Crippen LogP) is 15.0. The van der Waals surface area contributed by atoms with Gasteiger partial charge in [0.1, 0.15) is 0 Å². The number of nitrogens with zero attached hydrogens (tertiary/aromatic N) is 2. The highest BCUT2D eigenvalue weighted by molar-refractivity contribution is 7.33. The van der Waals surface area contributed by atoms with Gasteiger partial charge in [-0.2, -0.15) is 0 Å². The van der Waals surface area contributed by atoms with Gasteiger partial charge < -0.3 is 9.80 Å². The minimum atomic E-state index is 0.00997. The lowest BCUT2D eigenvalue weighted by Crippen LogP contribution is -2.60. The van der Waals surface area contributed by atoms with Crippen LogP contribution in [0.25, 0.3) is 10.1 Å². The van der Waals surface area contributed by atoms with Crippen molar-refractivity contribution >= 4 is 78.0 Å². The Balaban J connectivity index is 1.25. The van der Waals surface area contributed by atoms with E-state index in [0.717, 1.165) is 17.8 Å². The highest BCUT2D eigenvalue weighted by Gasteiger charge is 2.51. The number of thiophene rings is 1. The Morgan fingerprint density at radius 1 is 0.540 bits per heavy atom. The summed E-state index contributed by atoms with van der Waals surface area (Å²) < 4.78 is 2.85. The van der Waals surface area contributed by atoms with Crippen LogP contribution >= 0.6 is 11.3 Å². The maximum Gasteiger partial charge on any atom is 0.264 e. The quantitative estimate of drug-likeness (QED) is 0.163. The molecule has 3 aliphatic carbocycles. The molecule has 1 aromatic heterocycles. The minimum absolute atomic E-state index is 0.00997. The lowest BCUT2D eigenvalue weighted by molar-refractivity contribution is 0.157. The van der Waals surface area contributed by atoms with E-state index in [1.165, 1.54) is 127 Å². The van der Waals surface area contributed by atoms with Crippen molar-refractivity contribution in [3.63, 3.8) is 0 Å². The fraction of sp³-hybridized carbons (Fsp3) is 0.458. The van der Waals surface area contributed by atoms with E-state index >= 15 is 0 Å². The summed E-state index contributed by atoms with van der Waals surface area (Å²) >= 11 is 2.03. The lowest BCUT2D eigenvalue weighted by Gasteiger charge is -2.47. The summed E-state index contributed by atoms with van der Waals surface area (Å²) in [6.45, 7) is 28.4. The SMILES string of the molecule is CC(C)(C)c1ccc(N2c3cc(C(C)(C)C)ccc3B3c4sc5ccc(C(C)(C)C)cc5c4N(c4ccc(C(C)(C)C)cc4)c4cc(C56CCC7CC(CC5)C(C7)C6)cc2c43)cc1. The van der Waals surface area contributed by atoms with Gasteiger partial charge in [0, 0.05) is 43.3 Å². The van der Waals surface area contributed by atoms with E-state index in [4.69, 9.17) is 0 Å². The van der Waals surface area contributed by atoms with E-state index in [0.29, 0.717) is 0 Å². The van der Waals surface area contributed by atoms with Crippen LogP contribution in [0.15, 0.2) is 97.1 Å². The number of anilines is 6. The van der Waals surface area contributed by atoms with Crippen molar-refractivity contribution in [3.8, 4) is 0 Å². The second-order valence-corrected chi connectivity index (χ2v) is 25.9. The van der Waals surface area contributed by atoms with Crippen LogP contribution in [0.4, 0.5) is 34.1 Å². The molecule has 11 rings (SSSR count). The van der Waals surface area contributed by atoms with Crippen molar-refractivity contribution in [3.05, 3.63) is 125 Å². The molecule has 0 amide bonds. The first kappa shape index (κ1) is 41.4. The summed E-state index contributed by atoms with van der Waals surface area (Å²) in [5.41, 5.74) is 18.4. The fourth-order valence-corrected chi connectivity index (χ4v) is 14.1. The number of rotatable bonds is 3. The Hall–Kier alpha value is -4.28. The Morgan fingerprint density at radius 3 is 1.68 bits per heavy atom. The van der Waals surface area contributed by atoms with E-state index in [1.54, 1.807) is 5.56 Å². The van der Waals surface area contributed by atoms with Crippen LogP contribution in [0.2, 0.25) is 0 Å². The van der Waals surface area contributed by atoms with E-state index < -0.39 is 0 Å². The summed E-state index contributed by atoms with van der Waals surface area (Å²) in [5.74, 6) is 2.71. The molecule has 4 unspecified atom stereocenters. The zero-order valence-electron chi connectivity index (χ0n) is 40.3. The normalized spacial score (nSPS) is 22.9. The molecule has 0 radical (unpaired) electrons. The maximum atomic E-state index is 2.75. The third-order valence-corrected chi connectivity index (χ3v) is 17.8. The Labute approximate surface area is 383 Å². The maximum absolute atomic E-state index is 2.75. The van der Waals surface area contributed by atoms with E-state index in [9.17, 15) is 0 Å². The third-order valence-electron chi connectivity index (χ3n) is 16.6. The molecule has 3 fully saturated rings. The Bertz CT molecular complexity index is 2780. The molecule has 0 saturated heterocycles. The van der Waals surface area contributed by atoms with Crippen molar-refractivity contribution in [2.24, 2.45) is 17.8 Å². The van der Waals surface area contributed by atoms with Gasteiger partial charge in [-0.15, -0.1) is 11.3 Å². The highest BCUT2D eigenvalue weighted by atomic mass is 32.1. The molecule has 3 bridgehead atoms. The smallest absolute Gasteiger partial charge is 0.264 e. The van der Waals surface area contributed by atoms with Crippen LogP contribution in [0.3, 0.4) is 0 Å². The molecule has 2 aliphatic heterocycles. The number of benzene rings is 5. The Morgan fingerprint density at radius 2 is 1.06 bits per heavy atom. The summed E-state index contributed by atoms with van der Waals surface area (Å²) in [6, 6.07) is 39.7. The van der Waals surface area contributed by atoms with Gasteiger partial charge in [0.05, 0.1) is 5.69 Å². The summed E-state index contributed by atoms with van der Waals surface area (Å²) in [5, 5.41) is 1.39. The van der Waals surface area contributed by atoms with Crippen LogP contribution in [0.5, 0.6) is 0 Å². The second kappa shape index (κ2) is 13.9. The van der Waals surface area contributed by atoms with Crippen LogP contribution in [0.1, 0.15) is 156 Å². The molecule has 3 saturated carbocycles. The van der Waals surface area contributed by atoms with Crippen LogP contribution in [0, 0.1) is 17.8 Å². The molecule has 5 aliphatic rings. The fourth-order valence-electron chi connectivity index (χ4n) is 12.8. The number of hydrogen-bond donors (Lipinski definition) is 0. The zero-order valence-corrected chi connectivity index (χ0v) is 41.1. The van der Waals surface area contributed by atoms with Gasteiger partial charge in [0.15, 0.2) is 0 Å². The van der Waals surface area contributed by atoms with Gasteiger partial charge in [0.2, 0.25) is 0 Å². The standard InChI is InChI=1S/C59H69BN2S/c1-55(2,3)39-13-19-44(20-14-39)61-48-32-42(58(10,11)12)17-23-47(48)60-52-49(61)33-43(59-27-25-36-29-37(26-28-59)38(30-36)35-59)34-50(52)62(45-21-15-40(16-22-45)56(4,5)6)53-46-31-41(57(7,8)9)18-24-51(46)63-54(53)60/h13-24,31-34,36-38H,25-30,35H2,1-12H3. The van der Waals surface area contributed by atoms with Gasteiger partial charge in [-0.05, 0) is 183 Å². The number of hydrogen-bond acceptors (Lipinski definition) is 3. The van der Waals surface area contributed by atoms with Crippen molar-refractivity contribution in [2.75, 3.05) is 9.80 Å². The molecule has 0 spiro atoms. The monoisotopic (exact) mass is 849 g/mol. The molecule has 0 N–H and O–H groups in total. The van der Waals surface area contributed by atoms with Crippen molar-refractivity contribution < 1.29 is 0 Å². The number of fused-ring (bicyclic) bond motifs is 8. The minimum Gasteiger partial charge on any atom is -0.311 e. The predicted molar refractivity (Wildman–Crippen MR) is 275 cm³/mol. The third kappa shape index (κ3) is 6.61. The molecule has 4 heteroatoms. The van der Waals surface area contributed by atoms with Gasteiger partial charge in [-0.3, -0.25) is 0 Å². The van der Waals surface area contributed by atoms with Gasteiger partial charge in [-0.25, -0.2) is 0 Å². The summed E-state index contributed by atoms with van der Waals surface area (Å²) in [7, 11) is 0. The van der Waals surface area contributed by atoms with E-state index in [1.807, 2.05) is 11.3 Å². The van der Waals surface area contributed by atoms with E-state index in [2.05, 4.69) is 190 Å². The van der Waals surface area contributed by atoms with E-state index in [-0.39, 0.29) is 33.8 Å². The van der Waals surface area contributed by atoms with Crippen LogP contribution in [-0.4, -0.2) is 6.71 Å². The molecular formula is C59H69BN2S. The van der Waals surface area contributed by atoms with Gasteiger partial charge >= 0.3 is 0 Å². The molecular weight excluding hydrogens is 780 g/mol. The first-order chi connectivity index (χ1) is 29.7. The van der Waals surface area contributed by atoms with Crippen LogP contribution < -0.4 is 25.5 Å². The molecule has 2 nitrogen and oxygen atoms in total. The first-order valence-corrected chi connectivity index (χ1v) is 25.2. The molecule has 63 heavy (non-hydrogen) atoms. The first-order valence-electron chi connectivity index (χ1n) is 24.4. The molecule has 4 atom stereocenters. The second-order valence-electron chi connectivity index (χ2n) is 24.8. The topological polar surface area (TPSA) is 6.48 Å². The zero-order chi connectivity index (χ0) is 44.2.